The number of esters is 1. The number of urea groups is 1. The number of aryl methyl sites for hydroxylation is 2. The molecule has 0 spiro atoms. The molecule has 2 N–H and O–H groups in total. The summed E-state index contributed by atoms with van der Waals surface area (Å²) < 4.78 is 5.31. The summed E-state index contributed by atoms with van der Waals surface area (Å²) >= 11 is 0. The molecule has 1 fully saturated rings. The molecular formula is C26H28N4O6. The van der Waals surface area contributed by atoms with Gasteiger partial charge in [-0.1, -0.05) is 18.2 Å². The summed E-state index contributed by atoms with van der Waals surface area (Å²) in [7, 11) is 0. The van der Waals surface area contributed by atoms with Crippen molar-refractivity contribution in [2.45, 2.75) is 52.2 Å². The molecule has 5 amide bonds. The van der Waals surface area contributed by atoms with Crippen LogP contribution in [0.25, 0.3) is 0 Å². The van der Waals surface area contributed by atoms with Gasteiger partial charge in [0.05, 0.1) is 11.3 Å². The molecule has 0 radical (unpaired) electrons. The Morgan fingerprint density at radius 2 is 1.78 bits per heavy atom. The van der Waals surface area contributed by atoms with Crippen LogP contribution in [0.15, 0.2) is 42.5 Å². The Balaban J connectivity index is 1.50. The van der Waals surface area contributed by atoms with E-state index in [2.05, 4.69) is 10.6 Å². The predicted octanol–water partition coefficient (Wildman–Crippen LogP) is 2.88. The molecule has 2 aromatic rings. The molecule has 2 aromatic carbocycles. The van der Waals surface area contributed by atoms with E-state index in [9.17, 15) is 24.0 Å². The number of hydrogen-bond acceptors (Lipinski definition) is 6. The fourth-order valence-corrected chi connectivity index (χ4v) is 4.76. The van der Waals surface area contributed by atoms with Crippen molar-refractivity contribution in [2.24, 2.45) is 0 Å². The van der Waals surface area contributed by atoms with Crippen molar-refractivity contribution in [3.05, 3.63) is 59.2 Å². The third kappa shape index (κ3) is 4.19. The Bertz CT molecular complexity index is 1270. The fourth-order valence-electron chi connectivity index (χ4n) is 4.76. The molecule has 0 aromatic heterocycles. The molecule has 36 heavy (non-hydrogen) atoms. The van der Waals surface area contributed by atoms with Crippen LogP contribution >= 0.6 is 0 Å². The van der Waals surface area contributed by atoms with Gasteiger partial charge in [-0.2, -0.15) is 0 Å². The van der Waals surface area contributed by atoms with Crippen molar-refractivity contribution in [3.8, 4) is 0 Å². The van der Waals surface area contributed by atoms with E-state index in [1.54, 1.807) is 50.2 Å². The third-order valence-electron chi connectivity index (χ3n) is 6.49. The van der Waals surface area contributed by atoms with E-state index in [1.165, 1.54) is 9.80 Å². The molecule has 1 unspecified atom stereocenters. The normalized spacial score (nSPS) is 18.6. The second-order valence-electron chi connectivity index (χ2n) is 9.21. The molecule has 0 saturated carbocycles. The first-order chi connectivity index (χ1) is 17.1. The number of para-hydroxylation sites is 1. The van der Waals surface area contributed by atoms with Crippen molar-refractivity contribution >= 4 is 41.1 Å². The molecule has 10 heteroatoms. The number of ether oxygens (including phenoxy) is 1. The number of amides is 5. The maximum Gasteiger partial charge on any atom is 0.354 e. The standard InChI is InChI=1S/C26H28N4O6/c1-15(2)29-23(33)19-7-5-6-8-20(19)30-22(32)11-12-26(29,30)24(34)36-14-21(31)28-25(35)27-18-10-9-16(3)17(4)13-18/h5-10,13,15H,11-12,14H2,1-4H3,(H2,27,28,31,35). The largest absolute Gasteiger partial charge is 0.452 e. The number of nitrogens with one attached hydrogen (secondary N) is 2. The lowest BCUT2D eigenvalue weighted by Crippen LogP contribution is -2.70. The van der Waals surface area contributed by atoms with Crippen molar-refractivity contribution in [1.29, 1.82) is 0 Å². The van der Waals surface area contributed by atoms with Gasteiger partial charge >= 0.3 is 12.0 Å². The lowest BCUT2D eigenvalue weighted by atomic mass is 9.95. The molecule has 4 rings (SSSR count). The Labute approximate surface area is 208 Å². The Morgan fingerprint density at radius 3 is 2.47 bits per heavy atom. The van der Waals surface area contributed by atoms with Gasteiger partial charge in [-0.25, -0.2) is 9.59 Å². The quantitative estimate of drug-likeness (QED) is 0.619. The average molecular weight is 493 g/mol. The molecule has 10 nitrogen and oxygen atoms in total. The molecule has 0 aliphatic carbocycles. The van der Waals surface area contributed by atoms with Crippen LogP contribution in [0.5, 0.6) is 0 Å². The second-order valence-corrected chi connectivity index (χ2v) is 9.21. The lowest BCUT2D eigenvalue weighted by molar-refractivity contribution is -0.160. The van der Waals surface area contributed by atoms with Gasteiger partial charge in [-0.3, -0.25) is 24.6 Å². The van der Waals surface area contributed by atoms with E-state index in [4.69, 9.17) is 4.74 Å². The van der Waals surface area contributed by atoms with E-state index in [0.29, 0.717) is 16.9 Å². The van der Waals surface area contributed by atoms with Gasteiger partial charge in [-0.05, 0) is 63.1 Å². The number of anilines is 2. The van der Waals surface area contributed by atoms with Crippen LogP contribution in [-0.4, -0.2) is 52.9 Å². The lowest BCUT2D eigenvalue weighted by Gasteiger charge is -2.50. The number of rotatable bonds is 5. The van der Waals surface area contributed by atoms with Crippen molar-refractivity contribution in [2.75, 3.05) is 16.8 Å². The SMILES string of the molecule is Cc1ccc(NC(=O)NC(=O)COC(=O)C23CCC(=O)N2c2ccccc2C(=O)N3C(C)C)cc1C. The van der Waals surface area contributed by atoms with Gasteiger partial charge in [-0.15, -0.1) is 0 Å². The number of fused-ring (bicyclic) bond motifs is 3. The van der Waals surface area contributed by atoms with Crippen molar-refractivity contribution in [1.82, 2.24) is 10.2 Å². The van der Waals surface area contributed by atoms with Crippen LogP contribution in [0, 0.1) is 13.8 Å². The van der Waals surface area contributed by atoms with E-state index in [0.717, 1.165) is 11.1 Å². The number of carbonyl (C=O) groups is 5. The summed E-state index contributed by atoms with van der Waals surface area (Å²) in [6, 6.07) is 10.7. The van der Waals surface area contributed by atoms with Crippen LogP contribution in [0.4, 0.5) is 16.2 Å². The van der Waals surface area contributed by atoms with Gasteiger partial charge < -0.3 is 15.0 Å². The summed E-state index contributed by atoms with van der Waals surface area (Å²) in [5, 5.41) is 4.67. The Hall–Kier alpha value is -4.21. The van der Waals surface area contributed by atoms with Gasteiger partial charge in [0.15, 0.2) is 6.61 Å². The fraction of sp³-hybridized carbons (Fsp3) is 0.346. The molecule has 2 heterocycles. The molecule has 0 bridgehead atoms. The first kappa shape index (κ1) is 24.9. The molecule has 1 atom stereocenters. The molecular weight excluding hydrogens is 464 g/mol. The zero-order valence-electron chi connectivity index (χ0n) is 20.6. The first-order valence-corrected chi connectivity index (χ1v) is 11.7. The minimum atomic E-state index is -1.71. The maximum atomic E-state index is 13.5. The zero-order valence-corrected chi connectivity index (χ0v) is 20.6. The topological polar surface area (TPSA) is 125 Å². The summed E-state index contributed by atoms with van der Waals surface area (Å²) in [5.74, 6) is -2.49. The smallest absolute Gasteiger partial charge is 0.354 e. The minimum Gasteiger partial charge on any atom is -0.452 e. The summed E-state index contributed by atoms with van der Waals surface area (Å²) in [6.07, 6.45) is 0.0578. The molecule has 2 aliphatic heterocycles. The van der Waals surface area contributed by atoms with E-state index in [1.807, 2.05) is 19.9 Å². The summed E-state index contributed by atoms with van der Waals surface area (Å²) in [4.78, 5) is 67.0. The van der Waals surface area contributed by atoms with Crippen LogP contribution in [0.2, 0.25) is 0 Å². The van der Waals surface area contributed by atoms with E-state index in [-0.39, 0.29) is 18.7 Å². The average Bonchev–Trinajstić information content (AvgIpc) is 3.17. The van der Waals surface area contributed by atoms with Crippen LogP contribution in [-0.2, 0) is 19.1 Å². The number of benzene rings is 2. The predicted molar refractivity (Wildman–Crippen MR) is 131 cm³/mol. The van der Waals surface area contributed by atoms with Crippen molar-refractivity contribution < 1.29 is 28.7 Å². The Kier molecular flexibility index (Phi) is 6.53. The highest BCUT2D eigenvalue weighted by molar-refractivity contribution is 6.15. The van der Waals surface area contributed by atoms with Gasteiger partial charge in [0.2, 0.25) is 11.6 Å². The van der Waals surface area contributed by atoms with Crippen LogP contribution < -0.4 is 15.5 Å². The van der Waals surface area contributed by atoms with E-state index < -0.39 is 42.1 Å². The van der Waals surface area contributed by atoms with Gasteiger partial charge in [0.25, 0.3) is 11.8 Å². The van der Waals surface area contributed by atoms with Crippen molar-refractivity contribution in [3.63, 3.8) is 0 Å². The maximum absolute atomic E-state index is 13.5. The monoisotopic (exact) mass is 492 g/mol. The highest BCUT2D eigenvalue weighted by atomic mass is 16.5. The highest BCUT2D eigenvalue weighted by Gasteiger charge is 2.62. The number of nitrogens with zero attached hydrogens (tertiary/aromatic N) is 2. The molecule has 1 saturated heterocycles. The van der Waals surface area contributed by atoms with Crippen LogP contribution in [0.1, 0.15) is 48.2 Å². The number of hydrogen-bond donors (Lipinski definition) is 2. The Morgan fingerprint density at radius 1 is 1.06 bits per heavy atom. The second kappa shape index (κ2) is 9.44. The molecule has 188 valence electrons. The third-order valence-corrected chi connectivity index (χ3v) is 6.49. The van der Waals surface area contributed by atoms with Crippen LogP contribution in [0.3, 0.4) is 0 Å². The summed E-state index contributed by atoms with van der Waals surface area (Å²) in [6.45, 7) is 6.56. The molecule has 2 aliphatic rings. The van der Waals surface area contributed by atoms with E-state index >= 15 is 0 Å². The summed E-state index contributed by atoms with van der Waals surface area (Å²) in [5.41, 5.74) is 1.47. The van der Waals surface area contributed by atoms with Gasteiger partial charge in [0, 0.05) is 24.6 Å². The number of imide groups is 1. The zero-order chi connectivity index (χ0) is 26.2. The minimum absolute atomic E-state index is 0.0256. The van der Waals surface area contributed by atoms with Gasteiger partial charge in [0.1, 0.15) is 0 Å². The highest BCUT2D eigenvalue weighted by Crippen LogP contribution is 2.45. The first-order valence-electron chi connectivity index (χ1n) is 11.7. The number of carbonyl (C=O) groups excluding carboxylic acids is 5.